The van der Waals surface area contributed by atoms with Gasteiger partial charge < -0.3 is 5.32 Å². The van der Waals surface area contributed by atoms with Crippen molar-refractivity contribution in [1.82, 2.24) is 5.32 Å². The summed E-state index contributed by atoms with van der Waals surface area (Å²) in [6, 6.07) is 0.782. The standard InChI is InChI=1S/C11H15F3N2O2S/c1-15-4-2-3-5-19(17,18)16-11-7-9(13)8(12)6-10(11)14/h6-7,15-16H,2-5H2,1H3. The van der Waals surface area contributed by atoms with Gasteiger partial charge in [-0.25, -0.2) is 21.6 Å². The van der Waals surface area contributed by atoms with Crippen molar-refractivity contribution in [3.8, 4) is 0 Å². The van der Waals surface area contributed by atoms with Crippen molar-refractivity contribution in [1.29, 1.82) is 0 Å². The molecule has 108 valence electrons. The molecule has 0 saturated heterocycles. The molecule has 1 rings (SSSR count). The van der Waals surface area contributed by atoms with Crippen molar-refractivity contribution in [2.24, 2.45) is 0 Å². The van der Waals surface area contributed by atoms with E-state index in [2.05, 4.69) is 5.32 Å². The van der Waals surface area contributed by atoms with Gasteiger partial charge in [-0.1, -0.05) is 0 Å². The van der Waals surface area contributed by atoms with Crippen LogP contribution in [0.5, 0.6) is 0 Å². The molecule has 0 unspecified atom stereocenters. The molecule has 1 aromatic carbocycles. The van der Waals surface area contributed by atoms with Gasteiger partial charge in [-0.05, 0) is 26.4 Å². The highest BCUT2D eigenvalue weighted by atomic mass is 32.2. The predicted molar refractivity (Wildman–Crippen MR) is 66.9 cm³/mol. The first-order valence-corrected chi connectivity index (χ1v) is 7.30. The van der Waals surface area contributed by atoms with E-state index in [0.717, 1.165) is 0 Å². The van der Waals surface area contributed by atoms with E-state index >= 15 is 0 Å². The number of hydrogen-bond acceptors (Lipinski definition) is 3. The monoisotopic (exact) mass is 296 g/mol. The first-order valence-electron chi connectivity index (χ1n) is 5.65. The Kier molecular flexibility index (Phi) is 5.61. The third-order valence-corrected chi connectivity index (χ3v) is 3.72. The molecular weight excluding hydrogens is 281 g/mol. The van der Waals surface area contributed by atoms with Crippen molar-refractivity contribution in [2.45, 2.75) is 12.8 Å². The Labute approximate surface area is 110 Å². The third-order valence-electron chi connectivity index (χ3n) is 2.37. The van der Waals surface area contributed by atoms with Gasteiger partial charge in [-0.15, -0.1) is 0 Å². The van der Waals surface area contributed by atoms with Gasteiger partial charge in [0.1, 0.15) is 5.82 Å². The maximum Gasteiger partial charge on any atom is 0.232 e. The molecule has 0 saturated carbocycles. The Morgan fingerprint density at radius 3 is 2.32 bits per heavy atom. The summed E-state index contributed by atoms with van der Waals surface area (Å²) in [5.74, 6) is -4.05. The molecule has 0 aliphatic heterocycles. The lowest BCUT2D eigenvalue weighted by molar-refractivity contribution is 0.496. The van der Waals surface area contributed by atoms with Crippen LogP contribution in [0.1, 0.15) is 12.8 Å². The first-order chi connectivity index (χ1) is 8.85. The van der Waals surface area contributed by atoms with E-state index in [9.17, 15) is 21.6 Å². The number of anilines is 1. The summed E-state index contributed by atoms with van der Waals surface area (Å²) in [5.41, 5.74) is -0.590. The van der Waals surface area contributed by atoms with Gasteiger partial charge in [0.05, 0.1) is 11.4 Å². The number of unbranched alkanes of at least 4 members (excludes halogenated alkanes) is 1. The molecule has 0 atom stereocenters. The second kappa shape index (κ2) is 6.76. The van der Waals surface area contributed by atoms with Crippen molar-refractivity contribution in [2.75, 3.05) is 24.1 Å². The fraction of sp³-hybridized carbons (Fsp3) is 0.455. The van der Waals surface area contributed by atoms with Crippen molar-refractivity contribution in [3.63, 3.8) is 0 Å². The third kappa shape index (κ3) is 5.07. The minimum atomic E-state index is -3.77. The second-order valence-electron chi connectivity index (χ2n) is 3.98. The van der Waals surface area contributed by atoms with Gasteiger partial charge in [0.25, 0.3) is 0 Å². The van der Waals surface area contributed by atoms with Crippen molar-refractivity contribution < 1.29 is 21.6 Å². The van der Waals surface area contributed by atoms with Crippen LogP contribution in [-0.4, -0.2) is 27.8 Å². The molecule has 0 aliphatic carbocycles. The molecule has 0 spiro atoms. The smallest absolute Gasteiger partial charge is 0.232 e. The number of nitrogens with one attached hydrogen (secondary N) is 2. The Morgan fingerprint density at radius 2 is 1.68 bits per heavy atom. The molecular formula is C11H15F3N2O2S. The van der Waals surface area contributed by atoms with Crippen LogP contribution in [-0.2, 0) is 10.0 Å². The number of hydrogen-bond donors (Lipinski definition) is 2. The fourth-order valence-corrected chi connectivity index (χ4v) is 2.59. The summed E-state index contributed by atoms with van der Waals surface area (Å²) >= 11 is 0. The van der Waals surface area contributed by atoms with Gasteiger partial charge in [-0.2, -0.15) is 0 Å². The van der Waals surface area contributed by atoms with Gasteiger partial charge in [0.15, 0.2) is 11.6 Å². The van der Waals surface area contributed by atoms with E-state index in [0.29, 0.717) is 31.5 Å². The Morgan fingerprint density at radius 1 is 1.05 bits per heavy atom. The van der Waals surface area contributed by atoms with Crippen LogP contribution >= 0.6 is 0 Å². The lowest BCUT2D eigenvalue weighted by atomic mass is 10.3. The molecule has 0 bridgehead atoms. The second-order valence-corrected chi connectivity index (χ2v) is 5.82. The maximum atomic E-state index is 13.3. The maximum absolute atomic E-state index is 13.3. The predicted octanol–water partition coefficient (Wildman–Crippen LogP) is 1.85. The largest absolute Gasteiger partial charge is 0.320 e. The number of rotatable bonds is 7. The van der Waals surface area contributed by atoms with E-state index in [-0.39, 0.29) is 5.75 Å². The lowest BCUT2D eigenvalue weighted by Crippen LogP contribution is -2.19. The number of sulfonamides is 1. The summed E-state index contributed by atoms with van der Waals surface area (Å²) in [4.78, 5) is 0. The van der Waals surface area contributed by atoms with E-state index < -0.39 is 33.2 Å². The van der Waals surface area contributed by atoms with E-state index in [4.69, 9.17) is 0 Å². The molecule has 0 aliphatic rings. The summed E-state index contributed by atoms with van der Waals surface area (Å²) in [6.07, 6.45) is 1.01. The molecule has 2 N–H and O–H groups in total. The van der Waals surface area contributed by atoms with Crippen LogP contribution in [0.15, 0.2) is 12.1 Å². The zero-order chi connectivity index (χ0) is 14.5. The van der Waals surface area contributed by atoms with Gasteiger partial charge in [0.2, 0.25) is 10.0 Å². The Bertz CT molecular complexity index is 535. The van der Waals surface area contributed by atoms with E-state index in [1.165, 1.54) is 0 Å². The highest BCUT2D eigenvalue weighted by molar-refractivity contribution is 7.92. The normalized spacial score (nSPS) is 11.6. The zero-order valence-electron chi connectivity index (χ0n) is 10.3. The Hall–Kier alpha value is -1.28. The van der Waals surface area contributed by atoms with Crippen LogP contribution < -0.4 is 10.0 Å². The first kappa shape index (κ1) is 15.8. The molecule has 0 radical (unpaired) electrons. The molecule has 8 heteroatoms. The average molecular weight is 296 g/mol. The van der Waals surface area contributed by atoms with Crippen LogP contribution in [0.25, 0.3) is 0 Å². The van der Waals surface area contributed by atoms with Crippen LogP contribution in [0.2, 0.25) is 0 Å². The molecule has 1 aromatic rings. The molecule has 19 heavy (non-hydrogen) atoms. The SMILES string of the molecule is CNCCCCS(=O)(=O)Nc1cc(F)c(F)cc1F. The van der Waals surface area contributed by atoms with Crippen molar-refractivity contribution in [3.05, 3.63) is 29.6 Å². The highest BCUT2D eigenvalue weighted by Gasteiger charge is 2.15. The quantitative estimate of drug-likeness (QED) is 0.596. The lowest BCUT2D eigenvalue weighted by Gasteiger charge is -2.09. The molecule has 0 amide bonds. The zero-order valence-corrected chi connectivity index (χ0v) is 11.2. The summed E-state index contributed by atoms with van der Waals surface area (Å²) in [5, 5.41) is 2.86. The van der Waals surface area contributed by atoms with Crippen LogP contribution in [0.4, 0.5) is 18.9 Å². The molecule has 4 nitrogen and oxygen atoms in total. The van der Waals surface area contributed by atoms with Gasteiger partial charge >= 0.3 is 0 Å². The minimum absolute atomic E-state index is 0.215. The Balaban J connectivity index is 2.70. The molecule has 0 heterocycles. The molecule has 0 aromatic heterocycles. The summed E-state index contributed by atoms with van der Waals surface area (Å²) in [6.45, 7) is 0.662. The van der Waals surface area contributed by atoms with Gasteiger partial charge in [0, 0.05) is 12.1 Å². The average Bonchev–Trinajstić information content (AvgIpc) is 2.31. The number of halogens is 3. The van der Waals surface area contributed by atoms with Gasteiger partial charge in [-0.3, -0.25) is 4.72 Å². The highest BCUT2D eigenvalue weighted by Crippen LogP contribution is 2.19. The van der Waals surface area contributed by atoms with E-state index in [1.54, 1.807) is 7.05 Å². The van der Waals surface area contributed by atoms with Crippen LogP contribution in [0, 0.1) is 17.5 Å². The van der Waals surface area contributed by atoms with Crippen molar-refractivity contribution >= 4 is 15.7 Å². The number of benzene rings is 1. The molecule has 0 fully saturated rings. The minimum Gasteiger partial charge on any atom is -0.320 e. The fourth-order valence-electron chi connectivity index (χ4n) is 1.41. The summed E-state index contributed by atoms with van der Waals surface area (Å²) in [7, 11) is -2.03. The van der Waals surface area contributed by atoms with Crippen LogP contribution in [0.3, 0.4) is 0 Å². The summed E-state index contributed by atoms with van der Waals surface area (Å²) < 4.78 is 63.9. The van der Waals surface area contributed by atoms with E-state index in [1.807, 2.05) is 4.72 Å². The topological polar surface area (TPSA) is 58.2 Å².